The van der Waals surface area contributed by atoms with E-state index in [0.717, 1.165) is 4.72 Å². The van der Waals surface area contributed by atoms with Crippen molar-refractivity contribution in [1.82, 2.24) is 4.72 Å². The zero-order chi connectivity index (χ0) is 15.6. The first kappa shape index (κ1) is 18.1. The van der Waals surface area contributed by atoms with Crippen LogP contribution < -0.4 is 10.5 Å². The molecule has 0 aromatic rings. The van der Waals surface area contributed by atoms with Crippen LogP contribution in [0.1, 0.15) is 27.7 Å². The third-order valence-electron chi connectivity index (χ3n) is 1.89. The Bertz CT molecular complexity index is 428. The Morgan fingerprint density at radius 2 is 1.68 bits per heavy atom. The van der Waals surface area contributed by atoms with E-state index in [4.69, 9.17) is 10.5 Å². The zero-order valence-corrected chi connectivity index (χ0v) is 11.7. The topological polar surface area (TPSA) is 98.5 Å². The molecule has 0 aromatic heterocycles. The lowest BCUT2D eigenvalue weighted by molar-refractivity contribution is -0.128. The highest BCUT2D eigenvalue weighted by molar-refractivity contribution is 7.90. The summed E-state index contributed by atoms with van der Waals surface area (Å²) < 4.78 is 63.7. The molecule has 0 heterocycles. The van der Waals surface area contributed by atoms with Crippen molar-refractivity contribution in [2.45, 2.75) is 51.0 Å². The van der Waals surface area contributed by atoms with Gasteiger partial charge >= 0.3 is 15.5 Å². The lowest BCUT2D eigenvalue weighted by Crippen LogP contribution is -2.53. The Morgan fingerprint density at radius 1 is 1.26 bits per heavy atom. The number of amides is 1. The SMILES string of the molecule is C[C@@H](OC(C)(C)C)[C@H](N)C(=O)NS(=O)(=O)C(F)(F)F. The number of hydrogen-bond donors (Lipinski definition) is 2. The molecule has 0 unspecified atom stereocenters. The smallest absolute Gasteiger partial charge is 0.371 e. The van der Waals surface area contributed by atoms with E-state index in [0.29, 0.717) is 0 Å². The number of halogens is 3. The van der Waals surface area contributed by atoms with Gasteiger partial charge in [0.2, 0.25) is 0 Å². The Kier molecular flexibility index (Phi) is 5.37. The summed E-state index contributed by atoms with van der Waals surface area (Å²) in [6.45, 7) is 6.32. The average molecular weight is 306 g/mol. The van der Waals surface area contributed by atoms with Gasteiger partial charge in [-0.2, -0.15) is 21.6 Å². The maximum atomic E-state index is 12.1. The molecule has 0 saturated carbocycles. The molecule has 10 heteroatoms. The van der Waals surface area contributed by atoms with Gasteiger partial charge in [0, 0.05) is 0 Å². The molecule has 0 aliphatic carbocycles. The van der Waals surface area contributed by atoms with Crippen LogP contribution in [0.4, 0.5) is 13.2 Å². The van der Waals surface area contributed by atoms with Gasteiger partial charge in [-0.05, 0) is 27.7 Å². The van der Waals surface area contributed by atoms with Crippen molar-refractivity contribution >= 4 is 15.9 Å². The Morgan fingerprint density at radius 3 is 2.00 bits per heavy atom. The number of nitrogens with one attached hydrogen (secondary N) is 1. The molecule has 19 heavy (non-hydrogen) atoms. The Labute approximate surface area is 109 Å². The monoisotopic (exact) mass is 306 g/mol. The van der Waals surface area contributed by atoms with Crippen LogP contribution in [0.5, 0.6) is 0 Å². The fourth-order valence-electron chi connectivity index (χ4n) is 1.10. The van der Waals surface area contributed by atoms with Crippen molar-refractivity contribution in [3.8, 4) is 0 Å². The second kappa shape index (κ2) is 5.63. The predicted molar refractivity (Wildman–Crippen MR) is 61.4 cm³/mol. The molecule has 2 atom stereocenters. The molecule has 0 saturated heterocycles. The van der Waals surface area contributed by atoms with E-state index in [9.17, 15) is 26.4 Å². The van der Waals surface area contributed by atoms with Crippen molar-refractivity contribution < 1.29 is 31.1 Å². The number of carbonyl (C=O) groups is 1. The van der Waals surface area contributed by atoms with E-state index >= 15 is 0 Å². The van der Waals surface area contributed by atoms with Gasteiger partial charge in [0.1, 0.15) is 6.04 Å². The van der Waals surface area contributed by atoms with E-state index in [-0.39, 0.29) is 0 Å². The normalized spacial score (nSPS) is 16.8. The van der Waals surface area contributed by atoms with E-state index in [1.54, 1.807) is 20.8 Å². The van der Waals surface area contributed by atoms with Crippen molar-refractivity contribution in [2.24, 2.45) is 5.73 Å². The molecule has 0 fully saturated rings. The van der Waals surface area contributed by atoms with Gasteiger partial charge in [0.15, 0.2) is 0 Å². The largest absolute Gasteiger partial charge is 0.516 e. The van der Waals surface area contributed by atoms with Crippen molar-refractivity contribution in [3.05, 3.63) is 0 Å². The van der Waals surface area contributed by atoms with Crippen LogP contribution in [0, 0.1) is 0 Å². The lowest BCUT2D eigenvalue weighted by atomic mass is 10.1. The van der Waals surface area contributed by atoms with Crippen LogP contribution >= 0.6 is 0 Å². The van der Waals surface area contributed by atoms with E-state index in [1.165, 1.54) is 6.92 Å². The van der Waals surface area contributed by atoms with Gasteiger partial charge in [-0.1, -0.05) is 0 Å². The second-order valence-corrected chi connectivity index (χ2v) is 6.55. The minimum Gasteiger partial charge on any atom is -0.371 e. The summed E-state index contributed by atoms with van der Waals surface area (Å²) in [5.74, 6) is -1.48. The van der Waals surface area contributed by atoms with Crippen LogP contribution in [0.25, 0.3) is 0 Å². The fourth-order valence-corrected chi connectivity index (χ4v) is 1.62. The van der Waals surface area contributed by atoms with Gasteiger partial charge in [-0.15, -0.1) is 0 Å². The Hall–Kier alpha value is -0.870. The average Bonchev–Trinajstić information content (AvgIpc) is 2.10. The highest BCUT2D eigenvalue weighted by Gasteiger charge is 2.47. The summed E-state index contributed by atoms with van der Waals surface area (Å²) in [6, 6.07) is -1.55. The zero-order valence-electron chi connectivity index (χ0n) is 10.9. The van der Waals surface area contributed by atoms with Crippen molar-refractivity contribution in [1.29, 1.82) is 0 Å². The van der Waals surface area contributed by atoms with E-state index in [2.05, 4.69) is 0 Å². The number of rotatable bonds is 4. The number of hydrogen-bond acceptors (Lipinski definition) is 5. The molecule has 0 radical (unpaired) electrons. The second-order valence-electron chi connectivity index (χ2n) is 4.88. The fraction of sp³-hybridized carbons (Fsp3) is 0.889. The molecule has 0 rings (SSSR count). The number of sulfonamides is 1. The highest BCUT2D eigenvalue weighted by atomic mass is 32.2. The highest BCUT2D eigenvalue weighted by Crippen LogP contribution is 2.21. The van der Waals surface area contributed by atoms with Gasteiger partial charge in [-0.3, -0.25) is 4.79 Å². The van der Waals surface area contributed by atoms with Crippen LogP contribution in [-0.4, -0.2) is 37.6 Å². The van der Waals surface area contributed by atoms with Crippen LogP contribution in [0.15, 0.2) is 0 Å². The third kappa shape index (κ3) is 5.74. The number of ether oxygens (including phenoxy) is 1. The summed E-state index contributed by atoms with van der Waals surface area (Å²) in [5.41, 5.74) is -0.904. The standard InChI is InChI=1S/C9H17F3N2O4S/c1-5(18-8(2,3)4)6(13)7(15)14-19(16,17)9(10,11)12/h5-6H,13H2,1-4H3,(H,14,15)/t5-,6+/m1/s1. The molecule has 1 amide bonds. The maximum absolute atomic E-state index is 12.1. The number of alkyl halides is 3. The summed E-state index contributed by atoms with van der Waals surface area (Å²) >= 11 is 0. The molecule has 0 aliphatic heterocycles. The van der Waals surface area contributed by atoms with E-state index < -0.39 is 39.2 Å². The molecule has 0 aliphatic rings. The van der Waals surface area contributed by atoms with Crippen LogP contribution in [-0.2, 0) is 19.6 Å². The number of carbonyl (C=O) groups excluding carboxylic acids is 1. The predicted octanol–water partition coefficient (Wildman–Crippen LogP) is 0.483. The first-order valence-electron chi connectivity index (χ1n) is 5.24. The van der Waals surface area contributed by atoms with Gasteiger partial charge in [-0.25, -0.2) is 4.72 Å². The quantitative estimate of drug-likeness (QED) is 0.787. The van der Waals surface area contributed by atoms with Gasteiger partial charge in [0.05, 0.1) is 11.7 Å². The summed E-state index contributed by atoms with van der Waals surface area (Å²) in [4.78, 5) is 11.3. The molecular formula is C9H17F3N2O4S. The molecular weight excluding hydrogens is 289 g/mol. The first-order chi connectivity index (χ1) is 8.17. The summed E-state index contributed by atoms with van der Waals surface area (Å²) in [6.07, 6.45) is -0.955. The summed E-state index contributed by atoms with van der Waals surface area (Å²) in [7, 11) is -5.75. The minimum absolute atomic E-state index is 0.680. The lowest BCUT2D eigenvalue weighted by Gasteiger charge is -2.28. The van der Waals surface area contributed by atoms with Gasteiger partial charge in [0.25, 0.3) is 5.91 Å². The van der Waals surface area contributed by atoms with Crippen LogP contribution in [0.2, 0.25) is 0 Å². The molecule has 3 N–H and O–H groups in total. The molecule has 114 valence electrons. The molecule has 6 nitrogen and oxygen atoms in total. The summed E-state index contributed by atoms with van der Waals surface area (Å²) in [5, 5.41) is 0. The molecule has 0 spiro atoms. The third-order valence-corrected chi connectivity index (χ3v) is 2.97. The molecule has 0 aromatic carbocycles. The Balaban J connectivity index is 4.78. The van der Waals surface area contributed by atoms with Crippen molar-refractivity contribution in [2.75, 3.05) is 0 Å². The van der Waals surface area contributed by atoms with E-state index in [1.807, 2.05) is 0 Å². The minimum atomic E-state index is -5.75. The first-order valence-corrected chi connectivity index (χ1v) is 6.72. The van der Waals surface area contributed by atoms with Crippen molar-refractivity contribution in [3.63, 3.8) is 0 Å². The molecule has 0 bridgehead atoms. The maximum Gasteiger partial charge on any atom is 0.516 e. The number of nitrogens with two attached hydrogens (primary N) is 1. The van der Waals surface area contributed by atoms with Gasteiger partial charge < -0.3 is 10.5 Å². The van der Waals surface area contributed by atoms with Crippen LogP contribution in [0.3, 0.4) is 0 Å².